The van der Waals surface area contributed by atoms with Crippen LogP contribution in [0.1, 0.15) is 16.1 Å². The molecule has 1 heterocycles. The highest BCUT2D eigenvalue weighted by molar-refractivity contribution is 6.15. The molecule has 0 saturated carbocycles. The molecule has 0 atom stereocenters. The van der Waals surface area contributed by atoms with Gasteiger partial charge in [0.2, 0.25) is 5.78 Å². The highest BCUT2D eigenvalue weighted by atomic mass is 16.5. The van der Waals surface area contributed by atoms with E-state index in [-0.39, 0.29) is 5.78 Å². The first-order chi connectivity index (χ1) is 12.3. The van der Waals surface area contributed by atoms with Crippen molar-refractivity contribution in [1.29, 1.82) is 0 Å². The Morgan fingerprint density at radius 1 is 0.880 bits per heavy atom. The summed E-state index contributed by atoms with van der Waals surface area (Å²) in [6.45, 7) is 0. The molecule has 0 unspecified atom stereocenters. The number of rotatable bonds is 4. The summed E-state index contributed by atoms with van der Waals surface area (Å²) in [6.07, 6.45) is 0. The lowest BCUT2D eigenvalue weighted by molar-refractivity contribution is 0.101. The zero-order valence-electron chi connectivity index (χ0n) is 13.7. The Labute approximate surface area is 145 Å². The summed E-state index contributed by atoms with van der Waals surface area (Å²) < 4.78 is 11.3. The number of ketones is 1. The second kappa shape index (κ2) is 6.29. The molecule has 0 aliphatic heterocycles. The van der Waals surface area contributed by atoms with Gasteiger partial charge in [-0.2, -0.15) is 0 Å². The average Bonchev–Trinajstić information content (AvgIpc) is 3.07. The minimum absolute atomic E-state index is 0.130. The van der Waals surface area contributed by atoms with E-state index in [9.17, 15) is 4.79 Å². The van der Waals surface area contributed by atoms with Crippen LogP contribution < -0.4 is 4.74 Å². The average molecular weight is 328 g/mol. The minimum atomic E-state index is -0.130. The molecule has 3 aromatic carbocycles. The second-order valence-corrected chi connectivity index (χ2v) is 5.73. The van der Waals surface area contributed by atoms with Crippen molar-refractivity contribution >= 4 is 16.8 Å². The number of hydrogen-bond donors (Lipinski definition) is 0. The summed E-state index contributed by atoms with van der Waals surface area (Å²) >= 11 is 0. The van der Waals surface area contributed by atoms with E-state index in [2.05, 4.69) is 0 Å². The quantitative estimate of drug-likeness (QED) is 0.475. The smallest absolute Gasteiger partial charge is 0.228 e. The fourth-order valence-corrected chi connectivity index (χ4v) is 2.99. The van der Waals surface area contributed by atoms with Crippen molar-refractivity contribution in [1.82, 2.24) is 0 Å². The summed E-state index contributed by atoms with van der Waals surface area (Å²) in [4.78, 5) is 13.0. The second-order valence-electron chi connectivity index (χ2n) is 5.73. The number of fused-ring (bicyclic) bond motifs is 1. The van der Waals surface area contributed by atoms with Crippen molar-refractivity contribution in [2.75, 3.05) is 7.11 Å². The molecule has 0 aliphatic carbocycles. The van der Waals surface area contributed by atoms with Crippen molar-refractivity contribution in [3.8, 4) is 16.9 Å². The zero-order valence-corrected chi connectivity index (χ0v) is 13.7. The summed E-state index contributed by atoms with van der Waals surface area (Å²) in [5, 5.41) is 0.912. The van der Waals surface area contributed by atoms with Crippen LogP contribution in [-0.2, 0) is 0 Å². The first-order valence-corrected chi connectivity index (χ1v) is 8.03. The van der Waals surface area contributed by atoms with Crippen molar-refractivity contribution in [3.63, 3.8) is 0 Å². The van der Waals surface area contributed by atoms with E-state index in [4.69, 9.17) is 9.15 Å². The number of hydrogen-bond acceptors (Lipinski definition) is 3. The van der Waals surface area contributed by atoms with Crippen molar-refractivity contribution < 1.29 is 13.9 Å². The van der Waals surface area contributed by atoms with Gasteiger partial charge in [0.25, 0.3) is 0 Å². The van der Waals surface area contributed by atoms with Crippen LogP contribution in [0.5, 0.6) is 5.75 Å². The van der Waals surface area contributed by atoms with E-state index in [1.165, 1.54) is 0 Å². The topological polar surface area (TPSA) is 39.4 Å². The van der Waals surface area contributed by atoms with Gasteiger partial charge in [0, 0.05) is 16.5 Å². The molecule has 3 nitrogen and oxygen atoms in total. The summed E-state index contributed by atoms with van der Waals surface area (Å²) in [6, 6.07) is 24.5. The van der Waals surface area contributed by atoms with Crippen LogP contribution >= 0.6 is 0 Å². The molecule has 122 valence electrons. The van der Waals surface area contributed by atoms with Gasteiger partial charge in [0.15, 0.2) is 5.76 Å². The molecule has 0 saturated heterocycles. The third-order valence-corrected chi connectivity index (χ3v) is 4.20. The van der Waals surface area contributed by atoms with Gasteiger partial charge < -0.3 is 9.15 Å². The number of ether oxygens (including phenoxy) is 1. The van der Waals surface area contributed by atoms with Gasteiger partial charge in [-0.05, 0) is 23.8 Å². The Balaban J connectivity index is 1.97. The van der Waals surface area contributed by atoms with E-state index < -0.39 is 0 Å². The minimum Gasteiger partial charge on any atom is -0.497 e. The Kier molecular flexibility index (Phi) is 3.82. The van der Waals surface area contributed by atoms with Crippen LogP contribution in [-0.4, -0.2) is 12.9 Å². The van der Waals surface area contributed by atoms with Gasteiger partial charge in [0.1, 0.15) is 11.3 Å². The van der Waals surface area contributed by atoms with Crippen LogP contribution in [0.2, 0.25) is 0 Å². The Morgan fingerprint density at radius 2 is 1.64 bits per heavy atom. The molecule has 0 bridgehead atoms. The van der Waals surface area contributed by atoms with E-state index in [0.29, 0.717) is 16.9 Å². The van der Waals surface area contributed by atoms with E-state index in [1.807, 2.05) is 66.7 Å². The SMILES string of the molecule is COc1cccc(-c2c(C(=O)c3ccccc3)oc3ccccc23)c1. The highest BCUT2D eigenvalue weighted by Gasteiger charge is 2.23. The highest BCUT2D eigenvalue weighted by Crippen LogP contribution is 2.37. The largest absolute Gasteiger partial charge is 0.497 e. The van der Waals surface area contributed by atoms with Crippen LogP contribution in [0.15, 0.2) is 83.3 Å². The maximum Gasteiger partial charge on any atom is 0.228 e. The van der Waals surface area contributed by atoms with Crippen LogP contribution in [0.25, 0.3) is 22.1 Å². The van der Waals surface area contributed by atoms with Crippen LogP contribution in [0.3, 0.4) is 0 Å². The fourth-order valence-electron chi connectivity index (χ4n) is 2.99. The molecule has 4 rings (SSSR count). The molecular formula is C22H16O3. The number of benzene rings is 3. The number of methoxy groups -OCH3 is 1. The fraction of sp³-hybridized carbons (Fsp3) is 0.0455. The summed E-state index contributed by atoms with van der Waals surface area (Å²) in [5.74, 6) is 0.955. The van der Waals surface area contributed by atoms with Crippen molar-refractivity contribution in [2.24, 2.45) is 0 Å². The van der Waals surface area contributed by atoms with Crippen molar-refractivity contribution in [3.05, 3.63) is 90.2 Å². The molecule has 0 spiro atoms. The van der Waals surface area contributed by atoms with Crippen LogP contribution in [0, 0.1) is 0 Å². The molecule has 0 amide bonds. The Hall–Kier alpha value is -3.33. The van der Waals surface area contributed by atoms with E-state index in [0.717, 1.165) is 22.3 Å². The molecule has 25 heavy (non-hydrogen) atoms. The lowest BCUT2D eigenvalue weighted by Crippen LogP contribution is -2.01. The number of carbonyl (C=O) groups excluding carboxylic acids is 1. The maximum absolute atomic E-state index is 13.0. The molecule has 0 fully saturated rings. The van der Waals surface area contributed by atoms with Gasteiger partial charge in [-0.25, -0.2) is 0 Å². The molecular weight excluding hydrogens is 312 g/mol. The molecule has 3 heteroatoms. The third kappa shape index (κ3) is 2.70. The normalized spacial score (nSPS) is 10.8. The number of furan rings is 1. The lowest BCUT2D eigenvalue weighted by atomic mass is 9.98. The molecule has 0 N–H and O–H groups in total. The van der Waals surface area contributed by atoms with E-state index in [1.54, 1.807) is 19.2 Å². The van der Waals surface area contributed by atoms with E-state index >= 15 is 0 Å². The lowest BCUT2D eigenvalue weighted by Gasteiger charge is -2.06. The van der Waals surface area contributed by atoms with Gasteiger partial charge in [-0.15, -0.1) is 0 Å². The van der Waals surface area contributed by atoms with Crippen molar-refractivity contribution in [2.45, 2.75) is 0 Å². The Morgan fingerprint density at radius 3 is 2.44 bits per heavy atom. The Bertz CT molecular complexity index is 1050. The third-order valence-electron chi connectivity index (χ3n) is 4.20. The molecule has 0 radical (unpaired) electrons. The molecule has 4 aromatic rings. The summed E-state index contributed by atoms with van der Waals surface area (Å²) in [7, 11) is 1.63. The molecule has 1 aromatic heterocycles. The standard InChI is InChI=1S/C22H16O3/c1-24-17-11-7-10-16(14-17)20-18-12-5-6-13-19(18)25-22(20)21(23)15-8-3-2-4-9-15/h2-14H,1H3. The molecule has 0 aliphatic rings. The van der Waals surface area contributed by atoms with Gasteiger partial charge in [-0.1, -0.05) is 60.7 Å². The van der Waals surface area contributed by atoms with Crippen LogP contribution in [0.4, 0.5) is 0 Å². The predicted octanol–water partition coefficient (Wildman–Crippen LogP) is 5.34. The zero-order chi connectivity index (χ0) is 17.2. The van der Waals surface area contributed by atoms with Gasteiger partial charge in [-0.3, -0.25) is 4.79 Å². The van der Waals surface area contributed by atoms with Gasteiger partial charge in [0.05, 0.1) is 7.11 Å². The predicted molar refractivity (Wildman–Crippen MR) is 98.1 cm³/mol. The van der Waals surface area contributed by atoms with Gasteiger partial charge >= 0.3 is 0 Å². The maximum atomic E-state index is 13.0. The first-order valence-electron chi connectivity index (χ1n) is 8.03. The monoisotopic (exact) mass is 328 g/mol. The first kappa shape index (κ1) is 15.2. The number of para-hydroxylation sites is 1. The number of carbonyl (C=O) groups is 1. The summed E-state index contributed by atoms with van der Waals surface area (Å²) in [5.41, 5.74) is 2.98.